The summed E-state index contributed by atoms with van der Waals surface area (Å²) in [7, 11) is -4.13. The van der Waals surface area contributed by atoms with Gasteiger partial charge in [0, 0.05) is 22.1 Å². The number of hydrogen-bond acceptors (Lipinski definition) is 4. The number of carbonyl (C=O) groups is 2. The lowest BCUT2D eigenvalue weighted by Crippen LogP contribution is -2.52. The Bertz CT molecular complexity index is 1420. The molecule has 2 atom stereocenters. The van der Waals surface area contributed by atoms with E-state index in [9.17, 15) is 18.0 Å². The molecule has 0 saturated heterocycles. The predicted octanol–water partition coefficient (Wildman–Crippen LogP) is 5.94. The monoisotopic (exact) mass is 633 g/mol. The number of hydrogen-bond donors (Lipinski definition) is 1. The molecule has 3 rings (SSSR count). The van der Waals surface area contributed by atoms with Crippen LogP contribution in [0.5, 0.6) is 0 Å². The fraction of sp³-hybridized carbons (Fsp3) is 0.310. The minimum atomic E-state index is -4.13. The predicted molar refractivity (Wildman–Crippen MR) is 159 cm³/mol. The Labute approximate surface area is 244 Å². The maximum absolute atomic E-state index is 13.9. The van der Waals surface area contributed by atoms with Crippen molar-refractivity contribution in [3.05, 3.63) is 93.4 Å². The van der Waals surface area contributed by atoms with Gasteiger partial charge >= 0.3 is 0 Å². The molecular formula is C29H33BrClN3O4S. The Morgan fingerprint density at radius 3 is 2.28 bits per heavy atom. The van der Waals surface area contributed by atoms with Crippen LogP contribution < -0.4 is 9.62 Å². The highest BCUT2D eigenvalue weighted by Gasteiger charge is 2.33. The van der Waals surface area contributed by atoms with Crippen LogP contribution >= 0.6 is 27.5 Å². The largest absolute Gasteiger partial charge is 0.352 e. The number of amides is 2. The first-order chi connectivity index (χ1) is 18.4. The quantitative estimate of drug-likeness (QED) is 0.283. The topological polar surface area (TPSA) is 86.8 Å². The molecule has 208 valence electrons. The number of sulfonamides is 1. The fourth-order valence-electron chi connectivity index (χ4n) is 3.86. The summed E-state index contributed by atoms with van der Waals surface area (Å²) in [6.07, 6.45) is 0.725. The maximum Gasteiger partial charge on any atom is 0.264 e. The molecule has 1 N–H and O–H groups in total. The van der Waals surface area contributed by atoms with E-state index in [1.807, 2.05) is 20.8 Å². The van der Waals surface area contributed by atoms with Gasteiger partial charge in [-0.05, 0) is 69.2 Å². The summed E-state index contributed by atoms with van der Waals surface area (Å²) in [5, 5.41) is 3.36. The minimum absolute atomic E-state index is 0.0322. The zero-order valence-corrected chi connectivity index (χ0v) is 25.6. The first-order valence-electron chi connectivity index (χ1n) is 12.6. The van der Waals surface area contributed by atoms with Crippen molar-refractivity contribution >= 4 is 55.1 Å². The van der Waals surface area contributed by atoms with Crippen LogP contribution in [0.4, 0.5) is 5.69 Å². The van der Waals surface area contributed by atoms with Crippen LogP contribution in [0.25, 0.3) is 0 Å². The maximum atomic E-state index is 13.9. The summed E-state index contributed by atoms with van der Waals surface area (Å²) in [6, 6.07) is 19.3. The lowest BCUT2D eigenvalue weighted by Gasteiger charge is -2.32. The fourth-order valence-corrected chi connectivity index (χ4v) is 5.84. The molecule has 0 bridgehead atoms. The zero-order chi connectivity index (χ0) is 28.7. The summed E-state index contributed by atoms with van der Waals surface area (Å²) < 4.78 is 29.4. The first-order valence-corrected chi connectivity index (χ1v) is 15.2. The van der Waals surface area contributed by atoms with Crippen LogP contribution in [-0.4, -0.2) is 43.8 Å². The number of nitrogens with zero attached hydrogens (tertiary/aromatic N) is 2. The van der Waals surface area contributed by atoms with Crippen molar-refractivity contribution in [3.63, 3.8) is 0 Å². The van der Waals surface area contributed by atoms with E-state index in [-0.39, 0.29) is 23.4 Å². The van der Waals surface area contributed by atoms with Gasteiger partial charge in [0.15, 0.2) is 0 Å². The molecule has 10 heteroatoms. The Hall–Kier alpha value is -2.88. The van der Waals surface area contributed by atoms with Gasteiger partial charge in [-0.15, -0.1) is 0 Å². The van der Waals surface area contributed by atoms with E-state index in [0.29, 0.717) is 20.7 Å². The molecule has 2 amide bonds. The number of anilines is 1. The molecule has 0 radical (unpaired) electrons. The second-order valence-electron chi connectivity index (χ2n) is 9.41. The van der Waals surface area contributed by atoms with Crippen LogP contribution in [-0.2, 0) is 26.2 Å². The molecule has 7 nitrogen and oxygen atoms in total. The van der Waals surface area contributed by atoms with Crippen LogP contribution in [0.3, 0.4) is 0 Å². The normalized spacial score (nSPS) is 12.9. The van der Waals surface area contributed by atoms with Gasteiger partial charge in [-0.25, -0.2) is 8.42 Å². The highest BCUT2D eigenvalue weighted by molar-refractivity contribution is 9.10. The average molecular weight is 635 g/mol. The van der Waals surface area contributed by atoms with Crippen LogP contribution in [0.15, 0.2) is 82.2 Å². The standard InChI is InChI=1S/C29H33BrClN3O4S/c1-5-21(3)32-29(36)22(4)33(18-23-9-6-7-12-27(23)31)28(35)19-34(25-11-8-10-24(30)17-25)39(37,38)26-15-13-20(2)14-16-26/h6-17,21-22H,5,18-19H2,1-4H3,(H,32,36)/t21-,22+/m0/s1. The van der Waals surface area contributed by atoms with E-state index < -0.39 is 28.5 Å². The smallest absolute Gasteiger partial charge is 0.264 e. The molecule has 3 aromatic rings. The van der Waals surface area contributed by atoms with E-state index in [4.69, 9.17) is 11.6 Å². The third kappa shape index (κ3) is 7.84. The van der Waals surface area contributed by atoms with Gasteiger partial charge < -0.3 is 10.2 Å². The molecule has 0 unspecified atom stereocenters. The summed E-state index contributed by atoms with van der Waals surface area (Å²) in [6.45, 7) is 6.85. The van der Waals surface area contributed by atoms with Crippen LogP contribution in [0.2, 0.25) is 5.02 Å². The Morgan fingerprint density at radius 2 is 1.67 bits per heavy atom. The molecule has 0 saturated carbocycles. The molecule has 0 aliphatic heterocycles. The molecule has 0 heterocycles. The Balaban J connectivity index is 2.04. The lowest BCUT2D eigenvalue weighted by molar-refractivity contribution is -0.139. The molecule has 0 aromatic heterocycles. The van der Waals surface area contributed by atoms with Crippen molar-refractivity contribution in [2.75, 3.05) is 10.8 Å². The van der Waals surface area contributed by atoms with Gasteiger partial charge in [-0.1, -0.05) is 76.4 Å². The number of carbonyl (C=O) groups excluding carboxylic acids is 2. The second-order valence-corrected chi connectivity index (χ2v) is 12.6. The number of benzene rings is 3. The van der Waals surface area contributed by atoms with Gasteiger partial charge in [-0.2, -0.15) is 0 Å². The lowest BCUT2D eigenvalue weighted by atomic mass is 10.1. The molecule has 0 aliphatic carbocycles. The van der Waals surface area contributed by atoms with Crippen molar-refractivity contribution in [2.24, 2.45) is 0 Å². The average Bonchev–Trinajstić information content (AvgIpc) is 2.90. The zero-order valence-electron chi connectivity index (χ0n) is 22.4. The van der Waals surface area contributed by atoms with Gasteiger partial charge in [0.2, 0.25) is 11.8 Å². The van der Waals surface area contributed by atoms with Crippen LogP contribution in [0.1, 0.15) is 38.3 Å². The third-order valence-corrected chi connectivity index (χ3v) is 9.10. The van der Waals surface area contributed by atoms with E-state index in [1.54, 1.807) is 67.6 Å². The van der Waals surface area contributed by atoms with E-state index in [2.05, 4.69) is 21.2 Å². The molecule has 39 heavy (non-hydrogen) atoms. The number of aryl methyl sites for hydroxylation is 1. The Morgan fingerprint density at radius 1 is 1.00 bits per heavy atom. The number of halogens is 2. The highest BCUT2D eigenvalue weighted by atomic mass is 79.9. The molecule has 0 fully saturated rings. The highest BCUT2D eigenvalue weighted by Crippen LogP contribution is 2.27. The Kier molecular flexibility index (Phi) is 10.6. The summed E-state index contributed by atoms with van der Waals surface area (Å²) >= 11 is 9.80. The number of nitrogens with one attached hydrogen (secondary N) is 1. The van der Waals surface area contributed by atoms with Gasteiger partial charge in [0.05, 0.1) is 10.6 Å². The second kappa shape index (κ2) is 13.5. The summed E-state index contributed by atoms with van der Waals surface area (Å²) in [5.41, 5.74) is 1.87. The van der Waals surface area contributed by atoms with Gasteiger partial charge in [0.25, 0.3) is 10.0 Å². The number of rotatable bonds is 11. The van der Waals surface area contributed by atoms with Crippen molar-refractivity contribution in [3.8, 4) is 0 Å². The van der Waals surface area contributed by atoms with Crippen molar-refractivity contribution in [2.45, 2.75) is 57.6 Å². The third-order valence-electron chi connectivity index (χ3n) is 6.45. The molecule has 0 aliphatic rings. The van der Waals surface area contributed by atoms with Crippen molar-refractivity contribution in [1.82, 2.24) is 10.2 Å². The van der Waals surface area contributed by atoms with E-state index in [0.717, 1.165) is 16.3 Å². The minimum Gasteiger partial charge on any atom is -0.352 e. The van der Waals surface area contributed by atoms with E-state index >= 15 is 0 Å². The SMILES string of the molecule is CC[C@H](C)NC(=O)[C@@H](C)N(Cc1ccccc1Cl)C(=O)CN(c1cccc(Br)c1)S(=O)(=O)c1ccc(C)cc1. The van der Waals surface area contributed by atoms with Gasteiger partial charge in [0.1, 0.15) is 12.6 Å². The van der Waals surface area contributed by atoms with Crippen LogP contribution in [0, 0.1) is 6.92 Å². The summed E-state index contributed by atoms with van der Waals surface area (Å²) in [4.78, 5) is 28.5. The molecule has 3 aromatic carbocycles. The first kappa shape index (κ1) is 30.7. The van der Waals surface area contributed by atoms with Crippen molar-refractivity contribution < 1.29 is 18.0 Å². The molecule has 0 spiro atoms. The van der Waals surface area contributed by atoms with Crippen molar-refractivity contribution in [1.29, 1.82) is 0 Å². The van der Waals surface area contributed by atoms with E-state index in [1.165, 1.54) is 17.0 Å². The van der Waals surface area contributed by atoms with Gasteiger partial charge in [-0.3, -0.25) is 13.9 Å². The molecular weight excluding hydrogens is 602 g/mol. The summed E-state index contributed by atoms with van der Waals surface area (Å²) in [5.74, 6) is -0.877.